The Bertz CT molecular complexity index is 1090. The number of carbonyl (C=O) groups is 3. The van der Waals surface area contributed by atoms with Gasteiger partial charge in [-0.25, -0.2) is 9.59 Å². The van der Waals surface area contributed by atoms with Gasteiger partial charge in [-0.2, -0.15) is 0 Å². The molecule has 0 bridgehead atoms. The number of nitrogens with zero attached hydrogens (tertiary/aromatic N) is 1. The smallest absolute Gasteiger partial charge is 0.408 e. The van der Waals surface area contributed by atoms with Crippen LogP contribution in [0.3, 0.4) is 0 Å². The third-order valence-electron chi connectivity index (χ3n) is 6.60. The molecule has 200 valence electrons. The molecule has 1 aliphatic heterocycles. The first-order chi connectivity index (χ1) is 17.4. The summed E-state index contributed by atoms with van der Waals surface area (Å²) >= 11 is 0. The molecule has 2 aromatic carbocycles. The quantitative estimate of drug-likeness (QED) is 0.551. The number of methoxy groups -OCH3 is 2. The van der Waals surface area contributed by atoms with Gasteiger partial charge < -0.3 is 24.4 Å². The van der Waals surface area contributed by atoms with E-state index in [4.69, 9.17) is 14.2 Å². The lowest BCUT2D eigenvalue weighted by molar-refractivity contribution is -0.152. The molecule has 37 heavy (non-hydrogen) atoms. The fourth-order valence-electron chi connectivity index (χ4n) is 4.65. The lowest BCUT2D eigenvalue weighted by Crippen LogP contribution is -2.54. The molecule has 0 aliphatic carbocycles. The Morgan fingerprint density at radius 1 is 0.973 bits per heavy atom. The van der Waals surface area contributed by atoms with Crippen molar-refractivity contribution in [1.29, 1.82) is 0 Å². The summed E-state index contributed by atoms with van der Waals surface area (Å²) in [4.78, 5) is 40.6. The summed E-state index contributed by atoms with van der Waals surface area (Å²) in [6.45, 7) is 9.05. The molecule has 1 heterocycles. The van der Waals surface area contributed by atoms with E-state index in [2.05, 4.69) is 5.32 Å². The fourth-order valence-corrected chi connectivity index (χ4v) is 4.65. The van der Waals surface area contributed by atoms with Crippen LogP contribution in [0.25, 0.3) is 11.1 Å². The number of rotatable bonds is 7. The van der Waals surface area contributed by atoms with Crippen LogP contribution in [0.5, 0.6) is 0 Å². The standard InChI is InChI=1S/C29H38N2O6/c1-19(2)24(30-27(34)37-28(3,4)5)25(32)31-18-29(36-7,17-23(31)26(33)35-6)22-15-13-21(14-16-22)20-11-9-8-10-12-20/h8-16,19,23-24H,17-18H2,1-7H3,(H,30,34)/t23-,24?,29-/m0/s1. The summed E-state index contributed by atoms with van der Waals surface area (Å²) in [7, 11) is 2.87. The van der Waals surface area contributed by atoms with Crippen molar-refractivity contribution in [3.05, 3.63) is 60.2 Å². The molecule has 1 unspecified atom stereocenters. The van der Waals surface area contributed by atoms with Gasteiger partial charge in [-0.05, 0) is 43.4 Å². The zero-order valence-corrected chi connectivity index (χ0v) is 22.7. The second-order valence-electron chi connectivity index (χ2n) is 10.7. The average molecular weight is 511 g/mol. The highest BCUT2D eigenvalue weighted by atomic mass is 16.6. The van der Waals surface area contributed by atoms with Crippen LogP contribution >= 0.6 is 0 Å². The van der Waals surface area contributed by atoms with Crippen molar-refractivity contribution in [2.75, 3.05) is 20.8 Å². The van der Waals surface area contributed by atoms with Crippen LogP contribution in [0, 0.1) is 5.92 Å². The second-order valence-corrected chi connectivity index (χ2v) is 10.7. The Kier molecular flexibility index (Phi) is 8.64. The minimum atomic E-state index is -0.919. The summed E-state index contributed by atoms with van der Waals surface area (Å²) in [5, 5.41) is 2.69. The highest BCUT2D eigenvalue weighted by Crippen LogP contribution is 2.40. The molecule has 0 saturated carbocycles. The molecule has 1 fully saturated rings. The molecule has 2 amide bonds. The van der Waals surface area contributed by atoms with E-state index >= 15 is 0 Å². The largest absolute Gasteiger partial charge is 0.467 e. The van der Waals surface area contributed by atoms with Gasteiger partial charge in [0, 0.05) is 13.5 Å². The Labute approximate surface area is 219 Å². The van der Waals surface area contributed by atoms with Crippen LogP contribution in [0.4, 0.5) is 4.79 Å². The molecule has 8 nitrogen and oxygen atoms in total. The molecule has 0 aromatic heterocycles. The summed E-state index contributed by atoms with van der Waals surface area (Å²) < 4.78 is 16.4. The predicted octanol–water partition coefficient (Wildman–Crippen LogP) is 4.52. The maximum atomic E-state index is 13.8. The van der Waals surface area contributed by atoms with Gasteiger partial charge in [-0.1, -0.05) is 68.4 Å². The number of carbonyl (C=O) groups excluding carboxylic acids is 3. The zero-order chi connectivity index (χ0) is 27.4. The highest BCUT2D eigenvalue weighted by Gasteiger charge is 2.52. The molecule has 2 aromatic rings. The zero-order valence-electron chi connectivity index (χ0n) is 22.7. The van der Waals surface area contributed by atoms with Crippen LogP contribution in [0.2, 0.25) is 0 Å². The summed E-state index contributed by atoms with van der Waals surface area (Å²) in [6, 6.07) is 16.2. The Morgan fingerprint density at radius 3 is 2.08 bits per heavy atom. The van der Waals surface area contributed by atoms with Crippen molar-refractivity contribution in [1.82, 2.24) is 10.2 Å². The van der Waals surface area contributed by atoms with E-state index in [0.29, 0.717) is 0 Å². The molecule has 0 radical (unpaired) electrons. The van der Waals surface area contributed by atoms with Crippen molar-refractivity contribution >= 4 is 18.0 Å². The molecular formula is C29H38N2O6. The van der Waals surface area contributed by atoms with Crippen LogP contribution in [0.1, 0.15) is 46.6 Å². The number of amides is 2. The Hall–Kier alpha value is -3.39. The van der Waals surface area contributed by atoms with Crippen molar-refractivity contribution in [2.45, 2.75) is 64.3 Å². The number of ether oxygens (including phenoxy) is 3. The first-order valence-corrected chi connectivity index (χ1v) is 12.5. The van der Waals surface area contributed by atoms with Crippen molar-refractivity contribution in [3.63, 3.8) is 0 Å². The third kappa shape index (κ3) is 6.49. The van der Waals surface area contributed by atoms with Crippen LogP contribution in [-0.4, -0.2) is 61.3 Å². The second kappa shape index (κ2) is 11.3. The lowest BCUT2D eigenvalue weighted by atomic mass is 9.89. The van der Waals surface area contributed by atoms with E-state index in [-0.39, 0.29) is 18.9 Å². The van der Waals surface area contributed by atoms with Crippen LogP contribution in [-0.2, 0) is 29.4 Å². The summed E-state index contributed by atoms with van der Waals surface area (Å²) in [5.41, 5.74) is 1.35. The van der Waals surface area contributed by atoms with E-state index in [1.807, 2.05) is 68.4 Å². The van der Waals surface area contributed by atoms with Crippen molar-refractivity contribution < 1.29 is 28.6 Å². The van der Waals surface area contributed by atoms with Gasteiger partial charge in [0.2, 0.25) is 5.91 Å². The van der Waals surface area contributed by atoms with Gasteiger partial charge in [0.05, 0.1) is 13.7 Å². The van der Waals surface area contributed by atoms with E-state index < -0.39 is 41.3 Å². The molecule has 8 heteroatoms. The number of benzene rings is 2. The van der Waals surface area contributed by atoms with Gasteiger partial charge in [0.1, 0.15) is 23.3 Å². The van der Waals surface area contributed by atoms with E-state index in [1.165, 1.54) is 12.0 Å². The Morgan fingerprint density at radius 2 is 1.57 bits per heavy atom. The van der Waals surface area contributed by atoms with E-state index in [0.717, 1.165) is 16.7 Å². The molecule has 0 spiro atoms. The molecule has 3 atom stereocenters. The molecule has 3 rings (SSSR count). The van der Waals surface area contributed by atoms with E-state index in [1.54, 1.807) is 27.9 Å². The maximum absolute atomic E-state index is 13.8. The fraction of sp³-hybridized carbons (Fsp3) is 0.483. The van der Waals surface area contributed by atoms with E-state index in [9.17, 15) is 14.4 Å². The van der Waals surface area contributed by atoms with Crippen LogP contribution < -0.4 is 5.32 Å². The lowest BCUT2D eigenvalue weighted by Gasteiger charge is -2.32. The monoisotopic (exact) mass is 510 g/mol. The van der Waals surface area contributed by atoms with Crippen LogP contribution in [0.15, 0.2) is 54.6 Å². The number of esters is 1. The average Bonchev–Trinajstić information content (AvgIpc) is 3.27. The summed E-state index contributed by atoms with van der Waals surface area (Å²) in [5.74, 6) is -1.18. The molecule has 1 saturated heterocycles. The van der Waals surface area contributed by atoms with Gasteiger partial charge in [0.25, 0.3) is 0 Å². The minimum absolute atomic E-state index is 0.131. The summed E-state index contributed by atoms with van der Waals surface area (Å²) in [6.07, 6.45) is -0.466. The van der Waals surface area contributed by atoms with Gasteiger partial charge in [-0.15, -0.1) is 0 Å². The van der Waals surface area contributed by atoms with Crippen molar-refractivity contribution in [2.24, 2.45) is 5.92 Å². The minimum Gasteiger partial charge on any atom is -0.467 e. The molecular weight excluding hydrogens is 472 g/mol. The van der Waals surface area contributed by atoms with Crippen molar-refractivity contribution in [3.8, 4) is 11.1 Å². The highest BCUT2D eigenvalue weighted by molar-refractivity contribution is 5.90. The first-order valence-electron chi connectivity index (χ1n) is 12.5. The number of alkyl carbamates (subject to hydrolysis) is 1. The van der Waals surface area contributed by atoms with Gasteiger partial charge in [-0.3, -0.25) is 4.79 Å². The first kappa shape index (κ1) is 28.2. The number of likely N-dealkylation sites (tertiary alicyclic amines) is 1. The number of nitrogens with one attached hydrogen (secondary N) is 1. The molecule has 1 N–H and O–H groups in total. The SMILES string of the molecule is COC(=O)[C@@H]1C[C@@](OC)(c2ccc(-c3ccccc3)cc2)CN1C(=O)C(NC(=O)OC(C)(C)C)C(C)C. The maximum Gasteiger partial charge on any atom is 0.408 e. The van der Waals surface area contributed by atoms with Gasteiger partial charge >= 0.3 is 12.1 Å². The van der Waals surface area contributed by atoms with Gasteiger partial charge in [0.15, 0.2) is 0 Å². The normalized spacial score (nSPS) is 20.4. The topological polar surface area (TPSA) is 94.2 Å². The third-order valence-corrected chi connectivity index (χ3v) is 6.60. The number of hydrogen-bond donors (Lipinski definition) is 1. The number of hydrogen-bond acceptors (Lipinski definition) is 6. The predicted molar refractivity (Wildman–Crippen MR) is 141 cm³/mol. The Balaban J connectivity index is 1.91. The molecule has 1 aliphatic rings.